The zero-order valence-electron chi connectivity index (χ0n) is 42.5. The first-order valence-electron chi connectivity index (χ1n) is 28.1. The lowest BCUT2D eigenvalue weighted by Crippen LogP contribution is -2.60. The van der Waals surface area contributed by atoms with Crippen molar-refractivity contribution in [3.05, 3.63) is 24.3 Å². The molecule has 0 aromatic carbocycles. The summed E-state index contributed by atoms with van der Waals surface area (Å²) in [6, 6.07) is -0.815. The van der Waals surface area contributed by atoms with Gasteiger partial charge < -0.3 is 40.3 Å². The fraction of sp³-hybridized carbons (Fsp3) is 0.911. The molecule has 1 fully saturated rings. The molecule has 7 unspecified atom stereocenters. The van der Waals surface area contributed by atoms with Gasteiger partial charge in [0, 0.05) is 6.42 Å². The van der Waals surface area contributed by atoms with Crippen molar-refractivity contribution in [3.8, 4) is 0 Å². The van der Waals surface area contributed by atoms with Crippen molar-refractivity contribution in [1.82, 2.24) is 5.32 Å². The van der Waals surface area contributed by atoms with E-state index in [1.807, 2.05) is 6.08 Å². The average molecular weight is 922 g/mol. The summed E-state index contributed by atoms with van der Waals surface area (Å²) in [6.07, 6.45) is 51.6. The minimum atomic E-state index is -1.57. The van der Waals surface area contributed by atoms with Crippen molar-refractivity contribution in [2.75, 3.05) is 13.2 Å². The number of nitrogens with one attached hydrogen (secondary N) is 1. The molecule has 0 saturated carbocycles. The Bertz CT molecular complexity index is 1070. The summed E-state index contributed by atoms with van der Waals surface area (Å²) >= 11 is 0. The summed E-state index contributed by atoms with van der Waals surface area (Å²) in [5.41, 5.74) is 0. The second-order valence-corrected chi connectivity index (χ2v) is 19.7. The zero-order chi connectivity index (χ0) is 47.3. The fourth-order valence-corrected chi connectivity index (χ4v) is 9.04. The molecule has 9 heteroatoms. The largest absolute Gasteiger partial charge is 0.394 e. The van der Waals surface area contributed by atoms with Gasteiger partial charge in [-0.2, -0.15) is 0 Å². The Morgan fingerprint density at radius 2 is 0.877 bits per heavy atom. The number of rotatable bonds is 48. The lowest BCUT2D eigenvalue weighted by atomic mass is 9.99. The number of aliphatic hydroxyl groups is 5. The predicted octanol–water partition coefficient (Wildman–Crippen LogP) is 13.4. The van der Waals surface area contributed by atoms with Gasteiger partial charge >= 0.3 is 0 Å². The molecule has 1 aliphatic rings. The van der Waals surface area contributed by atoms with Crippen molar-refractivity contribution in [2.24, 2.45) is 0 Å². The number of amides is 1. The lowest BCUT2D eigenvalue weighted by Gasteiger charge is -2.40. The lowest BCUT2D eigenvalue weighted by molar-refractivity contribution is -0.302. The highest BCUT2D eigenvalue weighted by molar-refractivity contribution is 5.76. The summed E-state index contributed by atoms with van der Waals surface area (Å²) in [6.45, 7) is 3.70. The number of hydrogen-bond donors (Lipinski definition) is 6. The minimum absolute atomic E-state index is 0.186. The van der Waals surface area contributed by atoms with E-state index in [1.54, 1.807) is 6.08 Å². The summed E-state index contributed by atoms with van der Waals surface area (Å²) in [7, 11) is 0. The maximum atomic E-state index is 12.9. The van der Waals surface area contributed by atoms with Crippen molar-refractivity contribution in [3.63, 3.8) is 0 Å². The van der Waals surface area contributed by atoms with Crippen LogP contribution in [0.5, 0.6) is 0 Å². The topological polar surface area (TPSA) is 149 Å². The van der Waals surface area contributed by atoms with Crippen LogP contribution < -0.4 is 5.32 Å². The normalized spacial score (nSPS) is 20.0. The monoisotopic (exact) mass is 922 g/mol. The highest BCUT2D eigenvalue weighted by atomic mass is 16.7. The first-order chi connectivity index (χ1) is 31.8. The van der Waals surface area contributed by atoms with Gasteiger partial charge in [0.1, 0.15) is 24.4 Å². The molecule has 0 aliphatic carbocycles. The number of ether oxygens (including phenoxy) is 2. The van der Waals surface area contributed by atoms with Gasteiger partial charge in [-0.25, -0.2) is 0 Å². The van der Waals surface area contributed by atoms with Crippen molar-refractivity contribution in [2.45, 2.75) is 314 Å². The molecule has 1 amide bonds. The van der Waals surface area contributed by atoms with Gasteiger partial charge in [0.2, 0.25) is 5.91 Å². The summed E-state index contributed by atoms with van der Waals surface area (Å²) < 4.78 is 11.2. The van der Waals surface area contributed by atoms with Gasteiger partial charge in [-0.15, -0.1) is 0 Å². The first kappa shape index (κ1) is 61.7. The van der Waals surface area contributed by atoms with Crippen molar-refractivity contribution in [1.29, 1.82) is 0 Å². The molecular weight excluding hydrogens is 815 g/mol. The predicted molar refractivity (Wildman–Crippen MR) is 272 cm³/mol. The molecule has 7 atom stereocenters. The molecule has 6 N–H and O–H groups in total. The summed E-state index contributed by atoms with van der Waals surface area (Å²) in [5, 5.41) is 54.0. The van der Waals surface area contributed by atoms with Gasteiger partial charge in [-0.3, -0.25) is 4.79 Å². The quantitative estimate of drug-likeness (QED) is 0.0261. The van der Waals surface area contributed by atoms with E-state index >= 15 is 0 Å². The number of unbranched alkanes of at least 4 members (excludes halogenated alkanes) is 36. The van der Waals surface area contributed by atoms with Crippen LogP contribution in [-0.2, 0) is 14.3 Å². The molecule has 0 radical (unpaired) electrons. The maximum Gasteiger partial charge on any atom is 0.220 e. The van der Waals surface area contributed by atoms with Crippen molar-refractivity contribution < 1.29 is 39.8 Å². The summed E-state index contributed by atoms with van der Waals surface area (Å²) in [5.74, 6) is -0.186. The molecule has 65 heavy (non-hydrogen) atoms. The van der Waals surface area contributed by atoms with Gasteiger partial charge in [0.25, 0.3) is 0 Å². The van der Waals surface area contributed by atoms with Crippen LogP contribution in [-0.4, -0.2) is 87.5 Å². The van der Waals surface area contributed by atoms with Crippen LogP contribution in [0.3, 0.4) is 0 Å². The Kier molecular flexibility index (Phi) is 44.0. The molecule has 1 saturated heterocycles. The van der Waals surface area contributed by atoms with Gasteiger partial charge in [0.05, 0.1) is 25.4 Å². The van der Waals surface area contributed by atoms with E-state index in [0.717, 1.165) is 44.9 Å². The Morgan fingerprint density at radius 3 is 1.28 bits per heavy atom. The van der Waals surface area contributed by atoms with Crippen molar-refractivity contribution >= 4 is 5.91 Å². The molecule has 0 aromatic heterocycles. The summed E-state index contributed by atoms with van der Waals surface area (Å²) in [4.78, 5) is 12.9. The molecule has 9 nitrogen and oxygen atoms in total. The molecule has 0 bridgehead atoms. The number of hydrogen-bond acceptors (Lipinski definition) is 8. The minimum Gasteiger partial charge on any atom is -0.394 e. The fourth-order valence-electron chi connectivity index (χ4n) is 9.04. The van der Waals surface area contributed by atoms with Crippen LogP contribution in [0.25, 0.3) is 0 Å². The highest BCUT2D eigenvalue weighted by Crippen LogP contribution is 2.23. The van der Waals surface area contributed by atoms with E-state index in [2.05, 4.69) is 31.3 Å². The van der Waals surface area contributed by atoms with Gasteiger partial charge in [0.15, 0.2) is 6.29 Å². The zero-order valence-corrected chi connectivity index (χ0v) is 42.5. The SMILES string of the molecule is CCCC/C=C/CC/C=C/C(O)C(COC1OC(CO)C(O)C(O)C1O)NC(=O)CCCCCCCCCCCCCCCCCCCCCCCCCCCCCCCCCCCC. The van der Waals surface area contributed by atoms with Crippen LogP contribution in [0.15, 0.2) is 24.3 Å². The number of carbonyl (C=O) groups excluding carboxylic acids is 1. The molecule has 0 aromatic rings. The van der Waals surface area contributed by atoms with E-state index in [0.29, 0.717) is 6.42 Å². The Morgan fingerprint density at radius 1 is 0.508 bits per heavy atom. The first-order valence-corrected chi connectivity index (χ1v) is 28.1. The van der Waals surface area contributed by atoms with Crippen LogP contribution in [0.2, 0.25) is 0 Å². The molecular formula is C56H107NO8. The maximum absolute atomic E-state index is 12.9. The van der Waals surface area contributed by atoms with Gasteiger partial charge in [-0.05, 0) is 25.7 Å². The smallest absolute Gasteiger partial charge is 0.220 e. The third kappa shape index (κ3) is 36.3. The number of aliphatic hydroxyl groups excluding tert-OH is 5. The third-order valence-electron chi connectivity index (χ3n) is 13.5. The van der Waals surface area contributed by atoms with Crippen LogP contribution in [0.4, 0.5) is 0 Å². The molecule has 0 spiro atoms. The van der Waals surface area contributed by atoms with E-state index in [1.165, 1.54) is 205 Å². The Balaban J connectivity index is 2.02. The number of carbonyl (C=O) groups is 1. The molecule has 1 aliphatic heterocycles. The standard InChI is InChI=1S/C56H107NO8/c1-3-5-7-9-11-13-14-15-16-17-18-19-20-21-22-23-24-25-26-27-28-29-30-31-32-33-34-35-36-37-38-40-42-44-46-52(60)57-49(50(59)45-43-41-39-12-10-8-6-4-2)48-64-56-55(63)54(62)53(61)51(47-58)65-56/h10,12,43,45,49-51,53-56,58-59,61-63H,3-9,11,13-42,44,46-48H2,1-2H3,(H,57,60)/b12-10+,45-43+. The Labute approximate surface area is 400 Å². The van der Waals surface area contributed by atoms with Crippen LogP contribution in [0, 0.1) is 0 Å². The second-order valence-electron chi connectivity index (χ2n) is 19.7. The third-order valence-corrected chi connectivity index (χ3v) is 13.5. The van der Waals surface area contributed by atoms with Gasteiger partial charge in [-0.1, -0.05) is 263 Å². The van der Waals surface area contributed by atoms with Crippen LogP contribution >= 0.6 is 0 Å². The van der Waals surface area contributed by atoms with E-state index in [9.17, 15) is 30.3 Å². The van der Waals surface area contributed by atoms with E-state index in [-0.39, 0.29) is 12.5 Å². The molecule has 1 rings (SSSR count). The molecule has 384 valence electrons. The van der Waals surface area contributed by atoms with E-state index in [4.69, 9.17) is 9.47 Å². The Hall–Kier alpha value is -1.33. The number of allylic oxidation sites excluding steroid dienone is 3. The average Bonchev–Trinajstić information content (AvgIpc) is 3.31. The van der Waals surface area contributed by atoms with Crippen LogP contribution in [0.1, 0.15) is 271 Å². The van der Waals surface area contributed by atoms with E-state index < -0.39 is 49.5 Å². The highest BCUT2D eigenvalue weighted by Gasteiger charge is 2.44. The molecule has 1 heterocycles. The second kappa shape index (κ2) is 46.4.